The number of likely N-dealkylation sites (N-methyl/N-ethyl adjacent to an activating group) is 1. The van der Waals surface area contributed by atoms with Crippen LogP contribution in [0.5, 0.6) is 0 Å². The zero-order chi connectivity index (χ0) is 17.6. The van der Waals surface area contributed by atoms with Crippen molar-refractivity contribution in [2.75, 3.05) is 26.7 Å². The van der Waals surface area contributed by atoms with Crippen LogP contribution in [0.1, 0.15) is 52.6 Å². The van der Waals surface area contributed by atoms with Crippen molar-refractivity contribution >= 4 is 5.91 Å². The summed E-state index contributed by atoms with van der Waals surface area (Å²) in [6, 6.07) is 2.86. The van der Waals surface area contributed by atoms with E-state index in [1.54, 1.807) is 17.9 Å². The molecule has 25 heavy (non-hydrogen) atoms. The zero-order valence-corrected chi connectivity index (χ0v) is 14.4. The second-order valence-electron chi connectivity index (χ2n) is 6.87. The minimum atomic E-state index is -0.205. The number of amides is 1. The fourth-order valence-corrected chi connectivity index (χ4v) is 3.19. The van der Waals surface area contributed by atoms with Gasteiger partial charge >= 0.3 is 0 Å². The van der Waals surface area contributed by atoms with E-state index >= 15 is 0 Å². The molecule has 2 aromatic heterocycles. The van der Waals surface area contributed by atoms with Crippen molar-refractivity contribution in [1.82, 2.24) is 24.9 Å². The lowest BCUT2D eigenvalue weighted by molar-refractivity contribution is 0.0488. The molecule has 1 saturated heterocycles. The molecule has 0 bridgehead atoms. The molecule has 8 heteroatoms. The van der Waals surface area contributed by atoms with Gasteiger partial charge in [-0.25, -0.2) is 0 Å². The van der Waals surface area contributed by atoms with E-state index in [1.165, 1.54) is 6.07 Å². The largest absolute Gasteiger partial charge is 0.338 e. The Morgan fingerprint density at radius 2 is 2.12 bits per heavy atom. The van der Waals surface area contributed by atoms with Crippen molar-refractivity contribution in [2.45, 2.75) is 31.7 Å². The van der Waals surface area contributed by atoms with Gasteiger partial charge in [-0.3, -0.25) is 14.5 Å². The summed E-state index contributed by atoms with van der Waals surface area (Å²) in [5.74, 6) is 1.70. The Labute approximate surface area is 144 Å². The summed E-state index contributed by atoms with van der Waals surface area (Å²) in [5.41, 5.74) is 0.901. The Morgan fingerprint density at radius 3 is 2.84 bits per heavy atom. The number of carbonyl (C=O) groups excluding carboxylic acids is 1. The molecule has 0 unspecified atom stereocenters. The van der Waals surface area contributed by atoms with E-state index < -0.39 is 0 Å². The molecule has 1 amide bonds. The molecule has 8 nitrogen and oxygen atoms in total. The molecule has 1 atom stereocenters. The fourth-order valence-electron chi connectivity index (χ4n) is 3.19. The first-order chi connectivity index (χ1) is 12.0. The normalized spacial score (nSPS) is 21.5. The minimum absolute atomic E-state index is 0.0891. The van der Waals surface area contributed by atoms with Crippen molar-refractivity contribution in [3.05, 3.63) is 45.5 Å². The van der Waals surface area contributed by atoms with Gasteiger partial charge in [-0.2, -0.15) is 4.98 Å². The molecule has 2 fully saturated rings. The van der Waals surface area contributed by atoms with Crippen LogP contribution in [0.3, 0.4) is 0 Å². The lowest BCUT2D eigenvalue weighted by atomic mass is 10.1. The quantitative estimate of drug-likeness (QED) is 0.896. The standard InChI is InChI=1S/C17H21N5O3/c1-10-12(5-6-14(23)18-10)17(24)22-8-7-21(2)13(9-22)16-19-15(20-25-16)11-3-4-11/h5-6,11,13H,3-4,7-9H2,1-2H3,(H,18,23)/t13-/m1/s1. The SMILES string of the molecule is Cc1[nH]c(=O)ccc1C(=O)N1CCN(C)[C@@H](c2nc(C3CC3)no2)C1. The Balaban J connectivity index is 1.54. The number of pyridine rings is 1. The summed E-state index contributed by atoms with van der Waals surface area (Å²) < 4.78 is 5.46. The monoisotopic (exact) mass is 343 g/mol. The molecule has 2 aliphatic rings. The Hall–Kier alpha value is -2.48. The number of H-pyrrole nitrogens is 1. The summed E-state index contributed by atoms with van der Waals surface area (Å²) >= 11 is 0. The van der Waals surface area contributed by atoms with Gasteiger partial charge in [0.25, 0.3) is 5.91 Å². The number of hydrogen-bond acceptors (Lipinski definition) is 6. The fraction of sp³-hybridized carbons (Fsp3) is 0.529. The molecular formula is C17H21N5O3. The van der Waals surface area contributed by atoms with Crippen LogP contribution in [0.15, 0.2) is 21.5 Å². The van der Waals surface area contributed by atoms with Gasteiger partial charge in [0, 0.05) is 37.3 Å². The number of hydrogen-bond donors (Lipinski definition) is 1. The maximum absolute atomic E-state index is 12.9. The van der Waals surface area contributed by atoms with Crippen LogP contribution >= 0.6 is 0 Å². The topological polar surface area (TPSA) is 95.3 Å². The van der Waals surface area contributed by atoms with Crippen molar-refractivity contribution in [3.63, 3.8) is 0 Å². The van der Waals surface area contributed by atoms with Gasteiger partial charge in [0.1, 0.15) is 6.04 Å². The molecule has 3 heterocycles. The maximum Gasteiger partial charge on any atom is 0.255 e. The highest BCUT2D eigenvalue weighted by Gasteiger charge is 2.35. The van der Waals surface area contributed by atoms with E-state index in [0.717, 1.165) is 25.2 Å². The average Bonchev–Trinajstić information content (AvgIpc) is 3.32. The molecule has 0 aromatic carbocycles. The third-order valence-corrected chi connectivity index (χ3v) is 4.97. The molecule has 1 N–H and O–H groups in total. The van der Waals surface area contributed by atoms with Crippen LogP contribution in [0.4, 0.5) is 0 Å². The predicted molar refractivity (Wildman–Crippen MR) is 89.3 cm³/mol. The van der Waals surface area contributed by atoms with Gasteiger partial charge in [0.15, 0.2) is 5.82 Å². The van der Waals surface area contributed by atoms with Crippen LogP contribution in [-0.2, 0) is 0 Å². The van der Waals surface area contributed by atoms with Gasteiger partial charge in [-0.05, 0) is 32.9 Å². The van der Waals surface area contributed by atoms with E-state index in [9.17, 15) is 9.59 Å². The average molecular weight is 343 g/mol. The van der Waals surface area contributed by atoms with E-state index in [-0.39, 0.29) is 17.5 Å². The first kappa shape index (κ1) is 16.0. The van der Waals surface area contributed by atoms with Crippen LogP contribution in [0.25, 0.3) is 0 Å². The lowest BCUT2D eigenvalue weighted by Gasteiger charge is -2.37. The number of aromatic amines is 1. The predicted octanol–water partition coefficient (Wildman–Crippen LogP) is 1.07. The second-order valence-corrected chi connectivity index (χ2v) is 6.87. The summed E-state index contributed by atoms with van der Waals surface area (Å²) in [5, 5.41) is 4.08. The summed E-state index contributed by atoms with van der Waals surface area (Å²) in [6.45, 7) is 3.57. The van der Waals surface area contributed by atoms with E-state index in [1.807, 2.05) is 7.05 Å². The maximum atomic E-state index is 12.9. The molecule has 0 spiro atoms. The highest BCUT2D eigenvalue weighted by Crippen LogP contribution is 2.38. The molecular weight excluding hydrogens is 322 g/mol. The van der Waals surface area contributed by atoms with Crippen molar-refractivity contribution < 1.29 is 9.32 Å². The van der Waals surface area contributed by atoms with Crippen molar-refractivity contribution in [2.24, 2.45) is 0 Å². The summed E-state index contributed by atoms with van der Waals surface area (Å²) in [7, 11) is 2.00. The molecule has 1 aliphatic carbocycles. The third-order valence-electron chi connectivity index (χ3n) is 4.97. The number of nitrogens with zero attached hydrogens (tertiary/aromatic N) is 4. The summed E-state index contributed by atoms with van der Waals surface area (Å²) in [6.07, 6.45) is 2.24. The number of rotatable bonds is 3. The smallest absolute Gasteiger partial charge is 0.255 e. The number of carbonyl (C=O) groups is 1. The molecule has 2 aromatic rings. The third kappa shape index (κ3) is 3.09. The van der Waals surface area contributed by atoms with Gasteiger partial charge in [-0.1, -0.05) is 5.16 Å². The number of nitrogens with one attached hydrogen (secondary N) is 1. The Bertz CT molecular complexity index is 854. The molecule has 1 aliphatic heterocycles. The first-order valence-corrected chi connectivity index (χ1v) is 8.56. The summed E-state index contributed by atoms with van der Waals surface area (Å²) in [4.78, 5) is 35.4. The van der Waals surface area contributed by atoms with E-state index in [2.05, 4.69) is 20.0 Å². The van der Waals surface area contributed by atoms with Gasteiger partial charge < -0.3 is 14.4 Å². The van der Waals surface area contributed by atoms with Crippen LogP contribution in [0, 0.1) is 6.92 Å². The number of aryl methyl sites for hydroxylation is 1. The van der Waals surface area contributed by atoms with Crippen LogP contribution in [-0.4, -0.2) is 57.5 Å². The molecule has 0 radical (unpaired) electrons. The zero-order valence-electron chi connectivity index (χ0n) is 14.4. The van der Waals surface area contributed by atoms with Crippen LogP contribution in [0.2, 0.25) is 0 Å². The van der Waals surface area contributed by atoms with E-state index in [0.29, 0.717) is 36.2 Å². The van der Waals surface area contributed by atoms with Crippen molar-refractivity contribution in [1.29, 1.82) is 0 Å². The van der Waals surface area contributed by atoms with Crippen LogP contribution < -0.4 is 5.56 Å². The Kier molecular flexibility index (Phi) is 3.91. The van der Waals surface area contributed by atoms with Gasteiger partial charge in [0.2, 0.25) is 11.4 Å². The highest BCUT2D eigenvalue weighted by atomic mass is 16.5. The Morgan fingerprint density at radius 1 is 1.32 bits per heavy atom. The second kappa shape index (κ2) is 6.11. The molecule has 1 saturated carbocycles. The highest BCUT2D eigenvalue weighted by molar-refractivity contribution is 5.95. The van der Waals surface area contributed by atoms with E-state index in [4.69, 9.17) is 4.52 Å². The van der Waals surface area contributed by atoms with Gasteiger partial charge in [-0.15, -0.1) is 0 Å². The molecule has 4 rings (SSSR count). The van der Waals surface area contributed by atoms with Gasteiger partial charge in [0.05, 0.1) is 5.56 Å². The lowest BCUT2D eigenvalue weighted by Crippen LogP contribution is -2.49. The number of aromatic nitrogens is 3. The first-order valence-electron chi connectivity index (χ1n) is 8.56. The number of piperazine rings is 1. The van der Waals surface area contributed by atoms with Crippen molar-refractivity contribution in [3.8, 4) is 0 Å². The molecule has 132 valence electrons. The minimum Gasteiger partial charge on any atom is -0.338 e.